The number of carboxylic acid groups (broad SMARTS) is 1. The van der Waals surface area contributed by atoms with Crippen molar-refractivity contribution in [1.29, 1.82) is 0 Å². The number of anilines is 1. The smallest absolute Gasteiger partial charge is 0.326 e. The van der Waals surface area contributed by atoms with Gasteiger partial charge in [0.1, 0.15) is 11.9 Å². The number of pyridine rings is 1. The molecule has 0 aromatic carbocycles. The number of aromatic nitrogens is 1. The van der Waals surface area contributed by atoms with Gasteiger partial charge in [-0.2, -0.15) is 0 Å². The Morgan fingerprint density at radius 3 is 2.77 bits per heavy atom. The van der Waals surface area contributed by atoms with Crippen LogP contribution in [0.3, 0.4) is 0 Å². The number of aryl methyl sites for hydroxylation is 2. The highest BCUT2D eigenvalue weighted by atomic mass is 16.4. The van der Waals surface area contributed by atoms with Crippen LogP contribution < -0.4 is 16.0 Å². The van der Waals surface area contributed by atoms with Crippen molar-refractivity contribution in [3.63, 3.8) is 0 Å². The molecule has 30 heavy (non-hydrogen) atoms. The fourth-order valence-corrected chi connectivity index (χ4v) is 4.32. The molecule has 7 nitrogen and oxygen atoms in total. The first kappa shape index (κ1) is 22.5. The van der Waals surface area contributed by atoms with Crippen LogP contribution in [0.2, 0.25) is 0 Å². The molecule has 1 saturated heterocycles. The largest absolute Gasteiger partial charge is 0.480 e. The van der Waals surface area contributed by atoms with Gasteiger partial charge in [0.25, 0.3) is 0 Å². The fourth-order valence-electron chi connectivity index (χ4n) is 4.32. The lowest BCUT2D eigenvalue weighted by Crippen LogP contribution is -2.47. The number of nitrogens with one attached hydrogen (secondary N) is 3. The van der Waals surface area contributed by atoms with Crippen LogP contribution in [0, 0.1) is 5.92 Å². The maximum absolute atomic E-state index is 12.3. The van der Waals surface area contributed by atoms with E-state index in [1.165, 1.54) is 12.0 Å². The van der Waals surface area contributed by atoms with Crippen LogP contribution in [-0.4, -0.2) is 47.6 Å². The molecule has 0 aliphatic carbocycles. The number of hydrogen-bond donors (Lipinski definition) is 4. The lowest BCUT2D eigenvalue weighted by atomic mass is 9.98. The van der Waals surface area contributed by atoms with Crippen molar-refractivity contribution in [3.05, 3.63) is 23.4 Å². The molecule has 0 bridgehead atoms. The molecule has 3 heterocycles. The van der Waals surface area contributed by atoms with Gasteiger partial charge in [-0.05, 0) is 63.1 Å². The molecule has 1 amide bonds. The molecule has 0 radical (unpaired) electrons. The van der Waals surface area contributed by atoms with Gasteiger partial charge in [0.2, 0.25) is 5.91 Å². The van der Waals surface area contributed by atoms with Gasteiger partial charge >= 0.3 is 5.97 Å². The highest BCUT2D eigenvalue weighted by Gasteiger charge is 2.26. The Morgan fingerprint density at radius 2 is 1.97 bits per heavy atom. The minimum Gasteiger partial charge on any atom is -0.480 e. The summed E-state index contributed by atoms with van der Waals surface area (Å²) in [4.78, 5) is 28.5. The molecule has 0 saturated carbocycles. The van der Waals surface area contributed by atoms with E-state index < -0.39 is 12.0 Å². The zero-order valence-electron chi connectivity index (χ0n) is 17.9. The summed E-state index contributed by atoms with van der Waals surface area (Å²) in [5.41, 5.74) is 2.47. The average Bonchev–Trinajstić information content (AvgIpc) is 2.77. The summed E-state index contributed by atoms with van der Waals surface area (Å²) in [6, 6.07) is 3.58. The van der Waals surface area contributed by atoms with E-state index in [4.69, 9.17) is 4.98 Å². The number of piperidine rings is 1. The van der Waals surface area contributed by atoms with E-state index in [1.54, 1.807) is 0 Å². The molecule has 1 aromatic rings. The maximum Gasteiger partial charge on any atom is 0.326 e. The first-order chi connectivity index (χ1) is 14.6. The number of carbonyl (C=O) groups is 2. The molecule has 166 valence electrons. The highest BCUT2D eigenvalue weighted by molar-refractivity contribution is 5.85. The number of hydrogen-bond acceptors (Lipinski definition) is 5. The van der Waals surface area contributed by atoms with Gasteiger partial charge < -0.3 is 21.1 Å². The first-order valence-electron chi connectivity index (χ1n) is 11.6. The number of aliphatic carboxylic acids is 1. The number of carboxylic acids is 1. The summed E-state index contributed by atoms with van der Waals surface area (Å²) in [7, 11) is 0. The Balaban J connectivity index is 1.28. The summed E-state index contributed by atoms with van der Waals surface area (Å²) in [5, 5.41) is 18.8. The third kappa shape index (κ3) is 6.97. The van der Waals surface area contributed by atoms with Crippen molar-refractivity contribution in [2.75, 3.05) is 25.0 Å². The number of fused-ring (bicyclic) bond motifs is 1. The van der Waals surface area contributed by atoms with Crippen LogP contribution in [0.5, 0.6) is 0 Å². The lowest BCUT2D eigenvalue weighted by molar-refractivity contribution is -0.142. The number of carbonyl (C=O) groups excluding carboxylic acids is 1. The van der Waals surface area contributed by atoms with Crippen LogP contribution >= 0.6 is 0 Å². The quantitative estimate of drug-likeness (QED) is 0.414. The van der Waals surface area contributed by atoms with Crippen molar-refractivity contribution in [2.24, 2.45) is 5.92 Å². The van der Waals surface area contributed by atoms with E-state index in [0.717, 1.165) is 82.4 Å². The van der Waals surface area contributed by atoms with E-state index in [2.05, 4.69) is 28.1 Å². The van der Waals surface area contributed by atoms with Gasteiger partial charge in [0.05, 0.1) is 5.92 Å². The Bertz CT molecular complexity index is 704. The molecule has 1 aromatic heterocycles. The first-order valence-corrected chi connectivity index (χ1v) is 11.6. The molecule has 2 aliphatic rings. The second kappa shape index (κ2) is 11.9. The van der Waals surface area contributed by atoms with Gasteiger partial charge in [-0.3, -0.25) is 4.79 Å². The fraction of sp³-hybridized carbons (Fsp3) is 0.696. The SMILES string of the molecule is O=C(N[C@@H](CCCCCCCc1ccc2c(n1)NCCC2)C(=O)O)[C@@H]1CCCNC1. The standard InChI is InChI=1S/C23H36N4O3/c28-22(18-9-6-14-24-16-18)27-20(23(29)30)11-5-3-1-2-4-10-19-13-12-17-8-7-15-25-21(17)26-19/h12-13,18,20,24H,1-11,14-16H2,(H,25,26)(H,27,28)(H,29,30)/t18-,20+/m1/s1. The molecule has 7 heteroatoms. The lowest BCUT2D eigenvalue weighted by Gasteiger charge is -2.24. The Labute approximate surface area is 179 Å². The predicted molar refractivity (Wildman–Crippen MR) is 118 cm³/mol. The van der Waals surface area contributed by atoms with Crippen molar-refractivity contribution in [3.8, 4) is 0 Å². The normalized spacial score (nSPS) is 19.4. The monoisotopic (exact) mass is 416 g/mol. The van der Waals surface area contributed by atoms with Crippen LogP contribution in [0.4, 0.5) is 5.82 Å². The zero-order valence-corrected chi connectivity index (χ0v) is 17.9. The molecule has 2 atom stereocenters. The molecule has 0 unspecified atom stereocenters. The predicted octanol–water partition coefficient (Wildman–Crippen LogP) is 2.89. The third-order valence-corrected chi connectivity index (χ3v) is 6.16. The molecular weight excluding hydrogens is 380 g/mol. The summed E-state index contributed by atoms with van der Waals surface area (Å²) in [5.74, 6) is -0.0987. The molecule has 2 aliphatic heterocycles. The van der Waals surface area contributed by atoms with Crippen LogP contribution in [0.1, 0.15) is 69.0 Å². The highest BCUT2D eigenvalue weighted by Crippen LogP contribution is 2.20. The topological polar surface area (TPSA) is 103 Å². The van der Waals surface area contributed by atoms with Gasteiger partial charge in [0.15, 0.2) is 0 Å². The Morgan fingerprint density at radius 1 is 1.13 bits per heavy atom. The van der Waals surface area contributed by atoms with Crippen molar-refractivity contribution < 1.29 is 14.7 Å². The van der Waals surface area contributed by atoms with Crippen molar-refractivity contribution >= 4 is 17.7 Å². The Hall–Kier alpha value is -2.15. The molecular formula is C23H36N4O3. The van der Waals surface area contributed by atoms with E-state index in [0.29, 0.717) is 13.0 Å². The van der Waals surface area contributed by atoms with E-state index in [1.807, 2.05) is 0 Å². The number of amides is 1. The minimum absolute atomic E-state index is 0.104. The van der Waals surface area contributed by atoms with Crippen molar-refractivity contribution in [1.82, 2.24) is 15.6 Å². The van der Waals surface area contributed by atoms with Gasteiger partial charge in [0, 0.05) is 18.8 Å². The zero-order chi connectivity index (χ0) is 21.2. The number of unbranched alkanes of at least 4 members (excludes halogenated alkanes) is 4. The second-order valence-corrected chi connectivity index (χ2v) is 8.59. The van der Waals surface area contributed by atoms with Crippen LogP contribution in [0.15, 0.2) is 12.1 Å². The number of nitrogens with zero attached hydrogens (tertiary/aromatic N) is 1. The van der Waals surface area contributed by atoms with E-state index in [9.17, 15) is 14.7 Å². The van der Waals surface area contributed by atoms with Gasteiger partial charge in [-0.1, -0.05) is 31.7 Å². The van der Waals surface area contributed by atoms with Gasteiger partial charge in [-0.15, -0.1) is 0 Å². The van der Waals surface area contributed by atoms with E-state index in [-0.39, 0.29) is 11.8 Å². The number of rotatable bonds is 11. The van der Waals surface area contributed by atoms with Crippen LogP contribution in [-0.2, 0) is 22.4 Å². The summed E-state index contributed by atoms with van der Waals surface area (Å²) in [6.07, 6.45) is 10.7. The van der Waals surface area contributed by atoms with Gasteiger partial charge in [-0.25, -0.2) is 9.78 Å². The third-order valence-electron chi connectivity index (χ3n) is 6.16. The summed E-state index contributed by atoms with van der Waals surface area (Å²) in [6.45, 7) is 2.59. The molecule has 4 N–H and O–H groups in total. The average molecular weight is 417 g/mol. The second-order valence-electron chi connectivity index (χ2n) is 8.59. The summed E-state index contributed by atoms with van der Waals surface area (Å²) < 4.78 is 0. The molecule has 0 spiro atoms. The summed E-state index contributed by atoms with van der Waals surface area (Å²) >= 11 is 0. The molecule has 3 rings (SSSR count). The van der Waals surface area contributed by atoms with Crippen molar-refractivity contribution in [2.45, 2.75) is 76.7 Å². The maximum atomic E-state index is 12.3. The minimum atomic E-state index is -0.931. The van der Waals surface area contributed by atoms with Crippen LogP contribution in [0.25, 0.3) is 0 Å². The Kier molecular flexibility index (Phi) is 8.93. The van der Waals surface area contributed by atoms with E-state index >= 15 is 0 Å². The molecule has 1 fully saturated rings.